The van der Waals surface area contributed by atoms with E-state index in [2.05, 4.69) is 27.7 Å². The minimum Gasteiger partial charge on any atom is -0.496 e. The van der Waals surface area contributed by atoms with E-state index in [9.17, 15) is 9.59 Å². The van der Waals surface area contributed by atoms with Crippen molar-refractivity contribution in [2.75, 3.05) is 37.0 Å². The van der Waals surface area contributed by atoms with E-state index in [1.807, 2.05) is 36.4 Å². The van der Waals surface area contributed by atoms with E-state index in [0.717, 1.165) is 38.0 Å². The zero-order valence-electron chi connectivity index (χ0n) is 18.8. The van der Waals surface area contributed by atoms with Gasteiger partial charge >= 0.3 is 0 Å². The number of anilines is 2. The Labute approximate surface area is 194 Å². The van der Waals surface area contributed by atoms with Crippen LogP contribution in [0.15, 0.2) is 72.8 Å². The molecule has 1 saturated heterocycles. The molecule has 6 heteroatoms. The largest absolute Gasteiger partial charge is 0.496 e. The van der Waals surface area contributed by atoms with Crippen molar-refractivity contribution in [2.45, 2.75) is 19.3 Å². The average Bonchev–Trinajstić information content (AvgIpc) is 3.39. The summed E-state index contributed by atoms with van der Waals surface area (Å²) < 4.78 is 5.30. The lowest BCUT2D eigenvalue weighted by molar-refractivity contribution is 0.0953. The van der Waals surface area contributed by atoms with E-state index >= 15 is 0 Å². The van der Waals surface area contributed by atoms with Gasteiger partial charge in [0, 0.05) is 31.0 Å². The molecule has 2 N–H and O–H groups in total. The maximum atomic E-state index is 13.2. The molecule has 1 aliphatic rings. The van der Waals surface area contributed by atoms with Crippen LogP contribution in [-0.2, 0) is 6.42 Å². The van der Waals surface area contributed by atoms with E-state index < -0.39 is 0 Å². The summed E-state index contributed by atoms with van der Waals surface area (Å²) in [4.78, 5) is 28.2. The molecule has 0 radical (unpaired) electrons. The molecule has 1 heterocycles. The fraction of sp³-hybridized carbons (Fsp3) is 0.259. The predicted octanol–water partition coefficient (Wildman–Crippen LogP) is 4.52. The number of benzene rings is 3. The Hall–Kier alpha value is -3.80. The molecule has 1 aliphatic heterocycles. The van der Waals surface area contributed by atoms with E-state index in [-0.39, 0.29) is 11.8 Å². The van der Waals surface area contributed by atoms with Crippen LogP contribution in [0.3, 0.4) is 0 Å². The van der Waals surface area contributed by atoms with Crippen LogP contribution in [0.2, 0.25) is 0 Å². The highest BCUT2D eigenvalue weighted by atomic mass is 16.5. The van der Waals surface area contributed by atoms with E-state index in [0.29, 0.717) is 29.1 Å². The van der Waals surface area contributed by atoms with E-state index in [4.69, 9.17) is 4.74 Å². The van der Waals surface area contributed by atoms with Gasteiger partial charge in [-0.2, -0.15) is 0 Å². The molecule has 3 aromatic rings. The first kappa shape index (κ1) is 22.4. The molecule has 4 rings (SSSR count). The van der Waals surface area contributed by atoms with Crippen molar-refractivity contribution < 1.29 is 14.3 Å². The van der Waals surface area contributed by atoms with Crippen molar-refractivity contribution in [3.8, 4) is 5.75 Å². The highest BCUT2D eigenvalue weighted by Gasteiger charge is 2.21. The molecule has 170 valence electrons. The third-order valence-electron chi connectivity index (χ3n) is 5.84. The van der Waals surface area contributed by atoms with Gasteiger partial charge in [-0.3, -0.25) is 9.59 Å². The van der Waals surface area contributed by atoms with Gasteiger partial charge in [0.1, 0.15) is 5.75 Å². The van der Waals surface area contributed by atoms with Gasteiger partial charge < -0.3 is 20.3 Å². The van der Waals surface area contributed by atoms with Gasteiger partial charge in [0.25, 0.3) is 11.8 Å². The van der Waals surface area contributed by atoms with Crippen molar-refractivity contribution in [1.82, 2.24) is 5.32 Å². The van der Waals surface area contributed by atoms with E-state index in [1.54, 1.807) is 24.3 Å². The van der Waals surface area contributed by atoms with Gasteiger partial charge in [-0.05, 0) is 55.2 Å². The van der Waals surface area contributed by atoms with Gasteiger partial charge in [0.15, 0.2) is 0 Å². The van der Waals surface area contributed by atoms with Crippen LogP contribution in [0, 0.1) is 0 Å². The second-order valence-electron chi connectivity index (χ2n) is 8.07. The molecule has 0 bridgehead atoms. The number of amides is 2. The summed E-state index contributed by atoms with van der Waals surface area (Å²) >= 11 is 0. The Morgan fingerprint density at radius 1 is 0.879 bits per heavy atom. The van der Waals surface area contributed by atoms with Gasteiger partial charge in [-0.1, -0.05) is 42.5 Å². The molecular weight excluding hydrogens is 414 g/mol. The summed E-state index contributed by atoms with van der Waals surface area (Å²) in [5.41, 5.74) is 3.66. The average molecular weight is 444 g/mol. The number of hydrogen-bond donors (Lipinski definition) is 2. The zero-order chi connectivity index (χ0) is 23.0. The molecular formula is C27H29N3O3. The van der Waals surface area contributed by atoms with Crippen molar-refractivity contribution >= 4 is 23.2 Å². The third-order valence-corrected chi connectivity index (χ3v) is 5.84. The van der Waals surface area contributed by atoms with Crippen LogP contribution in [-0.4, -0.2) is 38.6 Å². The fourth-order valence-electron chi connectivity index (χ4n) is 4.12. The molecule has 0 atom stereocenters. The third kappa shape index (κ3) is 5.52. The smallest absolute Gasteiger partial charge is 0.259 e. The molecule has 0 unspecified atom stereocenters. The number of nitrogens with one attached hydrogen (secondary N) is 2. The molecule has 0 aromatic heterocycles. The number of para-hydroxylation sites is 1. The molecule has 0 saturated carbocycles. The first-order chi connectivity index (χ1) is 16.2. The number of rotatable bonds is 8. The Kier molecular flexibility index (Phi) is 7.25. The molecule has 1 fully saturated rings. The van der Waals surface area contributed by atoms with Gasteiger partial charge in [-0.15, -0.1) is 0 Å². The molecule has 0 spiro atoms. The summed E-state index contributed by atoms with van der Waals surface area (Å²) in [5.74, 6) is 0.0839. The second kappa shape index (κ2) is 10.7. The monoisotopic (exact) mass is 443 g/mol. The lowest BCUT2D eigenvalue weighted by Gasteiger charge is -2.22. The number of methoxy groups -OCH3 is 1. The van der Waals surface area contributed by atoms with Crippen molar-refractivity contribution in [3.63, 3.8) is 0 Å². The highest BCUT2D eigenvalue weighted by Crippen LogP contribution is 2.28. The fourth-order valence-corrected chi connectivity index (χ4v) is 4.12. The van der Waals surface area contributed by atoms with Gasteiger partial charge in [0.05, 0.1) is 18.2 Å². The number of carbonyl (C=O) groups is 2. The summed E-state index contributed by atoms with van der Waals surface area (Å²) in [6.07, 6.45) is 2.98. The van der Waals surface area contributed by atoms with Crippen LogP contribution in [0.4, 0.5) is 11.4 Å². The van der Waals surface area contributed by atoms with Gasteiger partial charge in [-0.25, -0.2) is 0 Å². The second-order valence-corrected chi connectivity index (χ2v) is 8.07. The first-order valence-corrected chi connectivity index (χ1v) is 11.3. The molecule has 3 aromatic carbocycles. The minimum absolute atomic E-state index is 0.138. The molecule has 33 heavy (non-hydrogen) atoms. The predicted molar refractivity (Wildman–Crippen MR) is 131 cm³/mol. The lowest BCUT2D eigenvalue weighted by Crippen LogP contribution is -2.29. The van der Waals surface area contributed by atoms with Crippen molar-refractivity contribution in [2.24, 2.45) is 0 Å². The molecule has 6 nitrogen and oxygen atoms in total. The van der Waals surface area contributed by atoms with Crippen LogP contribution >= 0.6 is 0 Å². The van der Waals surface area contributed by atoms with Crippen LogP contribution < -0.4 is 20.3 Å². The molecule has 2 amide bonds. The lowest BCUT2D eigenvalue weighted by atomic mass is 10.1. The maximum absolute atomic E-state index is 13.2. The van der Waals surface area contributed by atoms with Crippen molar-refractivity contribution in [3.05, 3.63) is 89.5 Å². The number of carbonyl (C=O) groups excluding carboxylic acids is 2. The zero-order valence-corrected chi connectivity index (χ0v) is 18.8. The van der Waals surface area contributed by atoms with Crippen LogP contribution in [0.1, 0.15) is 39.1 Å². The minimum atomic E-state index is -0.281. The summed E-state index contributed by atoms with van der Waals surface area (Å²) in [7, 11) is 1.54. The van der Waals surface area contributed by atoms with Crippen molar-refractivity contribution in [1.29, 1.82) is 0 Å². The molecule has 0 aliphatic carbocycles. The number of hydrogen-bond acceptors (Lipinski definition) is 4. The summed E-state index contributed by atoms with van der Waals surface area (Å²) in [6.45, 7) is 2.40. The number of ether oxygens (including phenoxy) is 1. The SMILES string of the molecule is COc1ccccc1C(=O)Nc1ccc(N2CCCC2)c(C(=O)NCCc2ccccc2)c1. The Morgan fingerprint density at radius 3 is 2.36 bits per heavy atom. The first-order valence-electron chi connectivity index (χ1n) is 11.3. The summed E-state index contributed by atoms with van der Waals surface area (Å²) in [6, 6.07) is 22.7. The Morgan fingerprint density at radius 2 is 1.61 bits per heavy atom. The number of nitrogens with zero attached hydrogens (tertiary/aromatic N) is 1. The summed E-state index contributed by atoms with van der Waals surface area (Å²) in [5, 5.41) is 5.95. The topological polar surface area (TPSA) is 70.7 Å². The Balaban J connectivity index is 1.52. The normalized spacial score (nSPS) is 12.9. The maximum Gasteiger partial charge on any atom is 0.259 e. The quantitative estimate of drug-likeness (QED) is 0.537. The Bertz CT molecular complexity index is 1110. The highest BCUT2D eigenvalue weighted by molar-refractivity contribution is 6.07. The standard InChI is InChI=1S/C27H29N3O3/c1-33-25-12-6-5-11-22(25)27(32)29-21-13-14-24(30-17-7-8-18-30)23(19-21)26(31)28-16-15-20-9-3-2-4-10-20/h2-6,9-14,19H,7-8,15-18H2,1H3,(H,28,31)(H,29,32). The van der Waals surface area contributed by atoms with Crippen LogP contribution in [0.25, 0.3) is 0 Å². The van der Waals surface area contributed by atoms with Crippen LogP contribution in [0.5, 0.6) is 5.75 Å². The van der Waals surface area contributed by atoms with E-state index in [1.165, 1.54) is 12.7 Å². The van der Waals surface area contributed by atoms with Gasteiger partial charge in [0.2, 0.25) is 0 Å².